The molecule has 1 heterocycles. The molecule has 0 aliphatic carbocycles. The molecule has 1 radical (unpaired) electrons. The molecule has 0 aromatic heterocycles. The van der Waals surface area contributed by atoms with Crippen molar-refractivity contribution in [2.45, 2.75) is 130 Å². The van der Waals surface area contributed by atoms with Crippen LogP contribution in [0.5, 0.6) is 0 Å². The SMILES string of the molecule is CCCCCCN(CCCCCC)c1ccc2c(c1)[Se+]c1cc(N(CCCCCC)CCCCCC)ccc1N2. The van der Waals surface area contributed by atoms with E-state index in [0.29, 0.717) is 15.0 Å². The van der Waals surface area contributed by atoms with Gasteiger partial charge in [0.05, 0.1) is 0 Å². The van der Waals surface area contributed by atoms with Crippen molar-refractivity contribution in [3.63, 3.8) is 0 Å². The third-order valence-corrected chi connectivity index (χ3v) is 10.6. The normalized spacial score (nSPS) is 12.1. The van der Waals surface area contributed by atoms with Crippen LogP contribution in [0.3, 0.4) is 0 Å². The van der Waals surface area contributed by atoms with Crippen LogP contribution in [-0.2, 0) is 0 Å². The molecule has 0 fully saturated rings. The Bertz CT molecular complexity index is 860. The van der Waals surface area contributed by atoms with Gasteiger partial charge in [0.1, 0.15) is 0 Å². The van der Waals surface area contributed by atoms with Crippen LogP contribution >= 0.6 is 0 Å². The standard InChI is InChI=1S/C36H59N3Se/c1-5-9-13-17-25-38(26-18-14-10-6-2)31-21-23-33-35(29-31)40-36-30-32(22-24-34(36)37-33)39(27-19-15-11-7-3)28-20-16-12-8-4/h21-24,29-30,37H,5-20,25-28H2,1-4H3/q+1. The zero-order chi connectivity index (χ0) is 28.4. The minimum absolute atomic E-state index is 0.327. The van der Waals surface area contributed by atoms with Gasteiger partial charge in [-0.2, -0.15) is 0 Å². The molecular weight excluding hydrogens is 553 g/mol. The fourth-order valence-corrected chi connectivity index (χ4v) is 7.92. The van der Waals surface area contributed by atoms with Crippen LogP contribution in [0.1, 0.15) is 130 Å². The van der Waals surface area contributed by atoms with Gasteiger partial charge in [0.25, 0.3) is 0 Å². The Labute approximate surface area is 254 Å². The van der Waals surface area contributed by atoms with E-state index in [2.05, 4.69) is 79.2 Å². The van der Waals surface area contributed by atoms with E-state index in [1.54, 1.807) is 0 Å². The van der Waals surface area contributed by atoms with Gasteiger partial charge in [-0.3, -0.25) is 0 Å². The summed E-state index contributed by atoms with van der Waals surface area (Å²) in [5.41, 5.74) is 5.50. The summed E-state index contributed by atoms with van der Waals surface area (Å²) >= 11 is 0.327. The second kappa shape index (κ2) is 19.5. The van der Waals surface area contributed by atoms with E-state index in [9.17, 15) is 0 Å². The second-order valence-electron chi connectivity index (χ2n) is 11.8. The summed E-state index contributed by atoms with van der Waals surface area (Å²) in [4.78, 5) is 5.36. The predicted molar refractivity (Wildman–Crippen MR) is 182 cm³/mol. The van der Waals surface area contributed by atoms with E-state index in [-0.39, 0.29) is 0 Å². The van der Waals surface area contributed by atoms with Crippen molar-refractivity contribution in [1.82, 2.24) is 0 Å². The number of benzene rings is 2. The Morgan fingerprint density at radius 3 is 1.15 bits per heavy atom. The Kier molecular flexibility index (Phi) is 16.0. The van der Waals surface area contributed by atoms with E-state index in [1.807, 2.05) is 0 Å². The molecule has 1 aliphatic rings. The Hall–Kier alpha value is -1.64. The van der Waals surface area contributed by atoms with Crippen molar-refractivity contribution in [1.29, 1.82) is 0 Å². The van der Waals surface area contributed by atoms with Crippen LogP contribution in [0.4, 0.5) is 22.7 Å². The molecule has 1 N–H and O–H groups in total. The molecule has 0 amide bonds. The van der Waals surface area contributed by atoms with E-state index in [1.165, 1.54) is 161 Å². The summed E-state index contributed by atoms with van der Waals surface area (Å²) in [6, 6.07) is 14.5. The van der Waals surface area contributed by atoms with Crippen molar-refractivity contribution in [3.8, 4) is 0 Å². The summed E-state index contributed by atoms with van der Waals surface area (Å²) in [6.45, 7) is 14.0. The maximum atomic E-state index is 3.79. The van der Waals surface area contributed by atoms with Crippen molar-refractivity contribution >= 4 is 46.6 Å². The van der Waals surface area contributed by atoms with Crippen LogP contribution in [0, 0.1) is 0 Å². The third kappa shape index (κ3) is 11.0. The van der Waals surface area contributed by atoms with Gasteiger partial charge in [-0.25, -0.2) is 0 Å². The van der Waals surface area contributed by atoms with Gasteiger partial charge in [-0.15, -0.1) is 0 Å². The molecule has 4 heteroatoms. The summed E-state index contributed by atoms with van der Waals surface area (Å²) in [5, 5.41) is 3.79. The van der Waals surface area contributed by atoms with Gasteiger partial charge in [-0.05, 0) is 0 Å². The molecule has 0 saturated heterocycles. The quantitative estimate of drug-likeness (QED) is 0.0901. The summed E-state index contributed by atoms with van der Waals surface area (Å²) in [5.74, 6) is 0. The second-order valence-corrected chi connectivity index (χ2v) is 14.1. The third-order valence-electron chi connectivity index (χ3n) is 8.28. The first-order chi connectivity index (χ1) is 19.7. The predicted octanol–water partition coefficient (Wildman–Crippen LogP) is 9.33. The van der Waals surface area contributed by atoms with Crippen molar-refractivity contribution in [2.24, 2.45) is 0 Å². The van der Waals surface area contributed by atoms with Gasteiger partial charge >= 0.3 is 255 Å². The number of anilines is 4. The number of hydrogen-bond donors (Lipinski definition) is 1. The molecule has 1 aliphatic heterocycles. The van der Waals surface area contributed by atoms with Crippen LogP contribution in [0.2, 0.25) is 0 Å². The van der Waals surface area contributed by atoms with E-state index >= 15 is 0 Å². The molecule has 0 saturated carbocycles. The zero-order valence-electron chi connectivity index (χ0n) is 26.4. The fraction of sp³-hybridized carbons (Fsp3) is 0.667. The van der Waals surface area contributed by atoms with Crippen LogP contribution < -0.4 is 24.0 Å². The van der Waals surface area contributed by atoms with Gasteiger partial charge in [-0.1, -0.05) is 0 Å². The van der Waals surface area contributed by atoms with Crippen LogP contribution in [-0.4, -0.2) is 41.1 Å². The van der Waals surface area contributed by atoms with Crippen molar-refractivity contribution < 1.29 is 0 Å². The number of fused-ring (bicyclic) bond motifs is 2. The van der Waals surface area contributed by atoms with Gasteiger partial charge in [0.2, 0.25) is 0 Å². The first kappa shape index (κ1) is 32.9. The molecule has 223 valence electrons. The Morgan fingerprint density at radius 1 is 0.475 bits per heavy atom. The summed E-state index contributed by atoms with van der Waals surface area (Å²) < 4.78 is 3.03. The molecule has 0 bridgehead atoms. The molecule has 0 unspecified atom stereocenters. The number of hydrogen-bond acceptors (Lipinski definition) is 3. The molecular formula is C36H59N3Se+. The first-order valence-corrected chi connectivity index (χ1v) is 18.6. The van der Waals surface area contributed by atoms with Crippen LogP contribution in [0.15, 0.2) is 36.4 Å². The number of nitrogens with zero attached hydrogens (tertiary/aromatic N) is 2. The summed E-state index contributed by atoms with van der Waals surface area (Å²) in [7, 11) is 0. The zero-order valence-corrected chi connectivity index (χ0v) is 28.1. The maximum absolute atomic E-state index is 3.79. The Morgan fingerprint density at radius 2 is 0.825 bits per heavy atom. The molecule has 2 aromatic rings. The van der Waals surface area contributed by atoms with E-state index < -0.39 is 0 Å². The molecule has 0 spiro atoms. The van der Waals surface area contributed by atoms with Crippen LogP contribution in [0.25, 0.3) is 0 Å². The average Bonchev–Trinajstić information content (AvgIpc) is 2.98. The molecule has 40 heavy (non-hydrogen) atoms. The number of rotatable bonds is 22. The summed E-state index contributed by atoms with van der Waals surface area (Å²) in [6.07, 6.45) is 21.3. The average molecular weight is 613 g/mol. The molecule has 3 nitrogen and oxygen atoms in total. The fourth-order valence-electron chi connectivity index (χ4n) is 5.71. The number of unbranched alkanes of at least 4 members (excludes halogenated alkanes) is 12. The minimum atomic E-state index is 0.327. The van der Waals surface area contributed by atoms with E-state index in [0.717, 1.165) is 0 Å². The number of nitrogens with one attached hydrogen (secondary N) is 1. The van der Waals surface area contributed by atoms with Crippen molar-refractivity contribution in [2.75, 3.05) is 41.3 Å². The monoisotopic (exact) mass is 613 g/mol. The Balaban J connectivity index is 1.73. The topological polar surface area (TPSA) is 18.5 Å². The van der Waals surface area contributed by atoms with Crippen molar-refractivity contribution in [3.05, 3.63) is 36.4 Å². The van der Waals surface area contributed by atoms with Gasteiger partial charge < -0.3 is 0 Å². The van der Waals surface area contributed by atoms with E-state index in [4.69, 9.17) is 0 Å². The molecule has 0 atom stereocenters. The molecule has 3 rings (SSSR count). The van der Waals surface area contributed by atoms with Gasteiger partial charge in [0, 0.05) is 0 Å². The first-order valence-electron chi connectivity index (χ1n) is 16.9. The van der Waals surface area contributed by atoms with Gasteiger partial charge in [0.15, 0.2) is 0 Å². The molecule has 2 aromatic carbocycles.